The van der Waals surface area contributed by atoms with Gasteiger partial charge in [-0.15, -0.1) is 0 Å². The lowest BCUT2D eigenvalue weighted by molar-refractivity contribution is -0.131. The molecule has 0 heterocycles. The number of rotatable bonds is 8. The molecule has 0 saturated heterocycles. The van der Waals surface area contributed by atoms with E-state index >= 15 is 0 Å². The first-order valence-corrected chi connectivity index (χ1v) is 9.40. The number of benzene rings is 2. The van der Waals surface area contributed by atoms with Gasteiger partial charge in [-0.05, 0) is 49.6 Å². The summed E-state index contributed by atoms with van der Waals surface area (Å²) >= 11 is 0. The van der Waals surface area contributed by atoms with Gasteiger partial charge in [-0.25, -0.2) is 9.59 Å². The van der Waals surface area contributed by atoms with Gasteiger partial charge >= 0.3 is 12.1 Å². The molecular formula is C23H27NO5. The molecule has 0 bridgehead atoms. The Morgan fingerprint density at radius 3 is 2.31 bits per heavy atom. The SMILES string of the molecule is Cc1ccc(NC(=O)O[C@@H](c2ccc(O)cc2)C(C)(C)CC/C=C/C(=O)O)cc1. The Kier molecular flexibility index (Phi) is 7.42. The number of nitrogens with one attached hydrogen (secondary N) is 1. The lowest BCUT2D eigenvalue weighted by Crippen LogP contribution is -2.29. The number of hydrogen-bond acceptors (Lipinski definition) is 4. The lowest BCUT2D eigenvalue weighted by atomic mass is 9.78. The number of ether oxygens (including phenoxy) is 1. The van der Waals surface area contributed by atoms with Gasteiger partial charge in [0.15, 0.2) is 0 Å². The number of allylic oxidation sites excluding steroid dienone is 1. The maximum atomic E-state index is 12.5. The molecular weight excluding hydrogens is 370 g/mol. The predicted octanol–water partition coefficient (Wildman–Crippen LogP) is 5.44. The zero-order valence-corrected chi connectivity index (χ0v) is 16.9. The van der Waals surface area contributed by atoms with Crippen molar-refractivity contribution in [2.24, 2.45) is 5.41 Å². The summed E-state index contributed by atoms with van der Waals surface area (Å²) in [5.41, 5.74) is 1.98. The number of carboxylic acids is 1. The van der Waals surface area contributed by atoms with Crippen LogP contribution in [0.25, 0.3) is 0 Å². The van der Waals surface area contributed by atoms with Crippen LogP contribution in [0.5, 0.6) is 5.75 Å². The molecule has 0 aliphatic carbocycles. The maximum Gasteiger partial charge on any atom is 0.412 e. The van der Waals surface area contributed by atoms with Crippen LogP contribution >= 0.6 is 0 Å². The highest BCUT2D eigenvalue weighted by Gasteiger charge is 2.33. The van der Waals surface area contributed by atoms with Gasteiger partial charge < -0.3 is 14.9 Å². The van der Waals surface area contributed by atoms with Gasteiger partial charge in [0.25, 0.3) is 0 Å². The number of carbonyl (C=O) groups excluding carboxylic acids is 1. The average molecular weight is 397 g/mol. The average Bonchev–Trinajstić information content (AvgIpc) is 2.66. The fourth-order valence-corrected chi connectivity index (χ4v) is 2.99. The highest BCUT2D eigenvalue weighted by atomic mass is 16.6. The van der Waals surface area contributed by atoms with Crippen molar-refractivity contribution in [2.75, 3.05) is 5.32 Å². The number of anilines is 1. The van der Waals surface area contributed by atoms with Crippen molar-refractivity contribution >= 4 is 17.7 Å². The van der Waals surface area contributed by atoms with E-state index in [1.54, 1.807) is 42.5 Å². The van der Waals surface area contributed by atoms with Gasteiger partial charge in [0.05, 0.1) is 0 Å². The van der Waals surface area contributed by atoms with E-state index in [1.165, 1.54) is 0 Å². The first-order chi connectivity index (χ1) is 13.7. The molecule has 0 aliphatic rings. The van der Waals surface area contributed by atoms with Crippen molar-refractivity contribution in [1.29, 1.82) is 0 Å². The van der Waals surface area contributed by atoms with E-state index in [0.29, 0.717) is 18.5 Å². The van der Waals surface area contributed by atoms with Gasteiger partial charge in [0.1, 0.15) is 11.9 Å². The number of hydrogen-bond donors (Lipinski definition) is 3. The topological polar surface area (TPSA) is 95.9 Å². The highest BCUT2D eigenvalue weighted by Crippen LogP contribution is 2.41. The summed E-state index contributed by atoms with van der Waals surface area (Å²) in [5, 5.41) is 21.1. The van der Waals surface area contributed by atoms with E-state index in [2.05, 4.69) is 5.32 Å². The molecule has 0 aliphatic heterocycles. The van der Waals surface area contributed by atoms with Crippen LogP contribution in [0.2, 0.25) is 0 Å². The standard InChI is InChI=1S/C23H27NO5/c1-16-7-11-18(12-8-16)24-22(28)29-21(17-9-13-19(25)14-10-17)23(2,3)15-5-4-6-20(26)27/h4,6-14,21,25H,5,15H2,1-3H3,(H,24,28)(H,26,27)/b6-4+/t21-/m0/s1. The largest absolute Gasteiger partial charge is 0.508 e. The molecule has 6 nitrogen and oxygen atoms in total. The van der Waals surface area contributed by atoms with E-state index in [9.17, 15) is 14.7 Å². The van der Waals surface area contributed by atoms with Crippen LogP contribution in [0.3, 0.4) is 0 Å². The van der Waals surface area contributed by atoms with Crippen molar-refractivity contribution in [1.82, 2.24) is 0 Å². The summed E-state index contributed by atoms with van der Waals surface area (Å²) in [5.74, 6) is -0.870. The van der Waals surface area contributed by atoms with Gasteiger partial charge in [-0.3, -0.25) is 5.32 Å². The van der Waals surface area contributed by atoms with Crippen molar-refractivity contribution in [2.45, 2.75) is 39.7 Å². The fourth-order valence-electron chi connectivity index (χ4n) is 2.99. The molecule has 0 aromatic heterocycles. The maximum absolute atomic E-state index is 12.5. The molecule has 154 valence electrons. The van der Waals surface area contributed by atoms with Gasteiger partial charge in [-0.2, -0.15) is 0 Å². The molecule has 1 amide bonds. The van der Waals surface area contributed by atoms with Crippen LogP contribution in [0.15, 0.2) is 60.7 Å². The first kappa shape index (κ1) is 22.0. The van der Waals surface area contributed by atoms with Gasteiger partial charge in [0, 0.05) is 17.2 Å². The third-order valence-electron chi connectivity index (χ3n) is 4.64. The number of amides is 1. The number of phenols is 1. The Morgan fingerprint density at radius 2 is 1.72 bits per heavy atom. The summed E-state index contributed by atoms with van der Waals surface area (Å²) in [6.45, 7) is 5.88. The second-order valence-corrected chi connectivity index (χ2v) is 7.64. The molecule has 29 heavy (non-hydrogen) atoms. The van der Waals surface area contributed by atoms with Crippen LogP contribution < -0.4 is 5.32 Å². The third-order valence-corrected chi connectivity index (χ3v) is 4.64. The minimum Gasteiger partial charge on any atom is -0.508 e. The number of carboxylic acid groups (broad SMARTS) is 1. The quantitative estimate of drug-likeness (QED) is 0.516. The van der Waals surface area contributed by atoms with Crippen molar-refractivity contribution in [3.63, 3.8) is 0 Å². The number of phenolic OH excluding ortho intramolecular Hbond substituents is 1. The van der Waals surface area contributed by atoms with E-state index in [-0.39, 0.29) is 5.75 Å². The molecule has 1 atom stereocenters. The van der Waals surface area contributed by atoms with Crippen LogP contribution in [0.4, 0.5) is 10.5 Å². The fraction of sp³-hybridized carbons (Fsp3) is 0.304. The zero-order chi connectivity index (χ0) is 21.4. The number of aromatic hydroxyl groups is 1. The Morgan fingerprint density at radius 1 is 1.10 bits per heavy atom. The highest BCUT2D eigenvalue weighted by molar-refractivity contribution is 5.84. The van der Waals surface area contributed by atoms with Crippen LogP contribution in [-0.4, -0.2) is 22.3 Å². The Hall–Kier alpha value is -3.28. The molecule has 0 unspecified atom stereocenters. The lowest BCUT2D eigenvalue weighted by Gasteiger charge is -2.34. The second kappa shape index (κ2) is 9.78. The molecule has 0 fully saturated rings. The van der Waals surface area contributed by atoms with Crippen LogP contribution in [0.1, 0.15) is 43.9 Å². The number of aryl methyl sites for hydroxylation is 1. The van der Waals surface area contributed by atoms with Gasteiger partial charge in [-0.1, -0.05) is 49.8 Å². The summed E-state index contributed by atoms with van der Waals surface area (Å²) in [6.07, 6.45) is 2.64. The third kappa shape index (κ3) is 6.99. The molecule has 2 aromatic carbocycles. The normalized spacial score (nSPS) is 12.5. The van der Waals surface area contributed by atoms with Crippen molar-refractivity contribution in [3.05, 3.63) is 71.8 Å². The Labute approximate surface area is 170 Å². The molecule has 0 saturated carbocycles. The summed E-state index contributed by atoms with van der Waals surface area (Å²) in [7, 11) is 0. The van der Waals surface area contributed by atoms with Crippen LogP contribution in [-0.2, 0) is 9.53 Å². The molecule has 6 heteroatoms. The minimum absolute atomic E-state index is 0.124. The molecule has 2 rings (SSSR count). The second-order valence-electron chi connectivity index (χ2n) is 7.64. The van der Waals surface area contributed by atoms with E-state index < -0.39 is 23.6 Å². The molecule has 3 N–H and O–H groups in total. The summed E-state index contributed by atoms with van der Waals surface area (Å²) in [4.78, 5) is 23.2. The van der Waals surface area contributed by atoms with Gasteiger partial charge in [0.2, 0.25) is 0 Å². The number of aliphatic carboxylic acids is 1. The molecule has 2 aromatic rings. The smallest absolute Gasteiger partial charge is 0.412 e. The van der Waals surface area contributed by atoms with E-state index in [0.717, 1.165) is 17.2 Å². The predicted molar refractivity (Wildman–Crippen MR) is 112 cm³/mol. The summed E-state index contributed by atoms with van der Waals surface area (Å²) < 4.78 is 5.78. The molecule has 0 spiro atoms. The Balaban J connectivity index is 2.17. The van der Waals surface area contributed by atoms with Crippen LogP contribution in [0, 0.1) is 12.3 Å². The zero-order valence-electron chi connectivity index (χ0n) is 16.9. The molecule has 0 radical (unpaired) electrons. The van der Waals surface area contributed by atoms with E-state index in [1.807, 2.05) is 32.9 Å². The van der Waals surface area contributed by atoms with E-state index in [4.69, 9.17) is 9.84 Å². The first-order valence-electron chi connectivity index (χ1n) is 9.40. The minimum atomic E-state index is -0.994. The summed E-state index contributed by atoms with van der Waals surface area (Å²) in [6, 6.07) is 13.9. The van der Waals surface area contributed by atoms with Crippen molar-refractivity contribution in [3.8, 4) is 5.75 Å². The monoisotopic (exact) mass is 397 g/mol. The Bertz CT molecular complexity index is 854. The van der Waals surface area contributed by atoms with Crippen molar-refractivity contribution < 1.29 is 24.5 Å². The number of carbonyl (C=O) groups is 2.